The molecular formula is C5H6N4O. The Morgan fingerprint density at radius 1 is 1.60 bits per heavy atom. The first-order valence-electron chi connectivity index (χ1n) is 2.66. The third kappa shape index (κ3) is 1.70. The molecule has 0 atom stereocenters. The molecule has 0 unspecified atom stereocenters. The molecule has 0 aliphatic carbocycles. The summed E-state index contributed by atoms with van der Waals surface area (Å²) >= 11 is 0. The minimum absolute atomic E-state index is 0.509. The topological polar surface area (TPSA) is 66.9 Å². The highest BCUT2D eigenvalue weighted by Crippen LogP contribution is 1.93. The van der Waals surface area contributed by atoms with Gasteiger partial charge in [-0.3, -0.25) is 15.6 Å². The molecule has 5 heteroatoms. The van der Waals surface area contributed by atoms with Crippen LogP contribution < -0.4 is 10.9 Å². The van der Waals surface area contributed by atoms with E-state index in [1.807, 2.05) is 0 Å². The van der Waals surface area contributed by atoms with Crippen LogP contribution in [0.4, 0.5) is 5.82 Å². The first-order valence-corrected chi connectivity index (χ1v) is 2.66. The van der Waals surface area contributed by atoms with E-state index in [4.69, 9.17) is 0 Å². The van der Waals surface area contributed by atoms with Gasteiger partial charge in [-0.05, 0) is 12.1 Å². The lowest BCUT2D eigenvalue weighted by molar-refractivity contribution is -0.109. The first-order chi connectivity index (χ1) is 4.93. The van der Waals surface area contributed by atoms with Gasteiger partial charge in [0.2, 0.25) is 6.41 Å². The largest absolute Gasteiger partial charge is 0.281 e. The Morgan fingerprint density at radius 3 is 3.10 bits per heavy atom. The van der Waals surface area contributed by atoms with Gasteiger partial charge in [0, 0.05) is 6.20 Å². The Labute approximate surface area is 57.4 Å². The van der Waals surface area contributed by atoms with E-state index < -0.39 is 0 Å². The molecule has 0 saturated heterocycles. The second kappa shape index (κ2) is 3.39. The summed E-state index contributed by atoms with van der Waals surface area (Å²) in [5, 5.41) is 7.20. The van der Waals surface area contributed by atoms with Gasteiger partial charge in [0.1, 0.15) is 0 Å². The van der Waals surface area contributed by atoms with E-state index >= 15 is 0 Å². The predicted molar refractivity (Wildman–Crippen MR) is 34.9 cm³/mol. The van der Waals surface area contributed by atoms with Crippen LogP contribution in [0.5, 0.6) is 0 Å². The van der Waals surface area contributed by atoms with Gasteiger partial charge >= 0.3 is 0 Å². The Morgan fingerprint density at radius 2 is 2.50 bits per heavy atom. The smallest absolute Gasteiger partial charge is 0.225 e. The maximum Gasteiger partial charge on any atom is 0.225 e. The van der Waals surface area contributed by atoms with Crippen molar-refractivity contribution in [1.82, 2.24) is 15.6 Å². The van der Waals surface area contributed by atoms with E-state index in [0.717, 1.165) is 0 Å². The fourth-order valence-corrected chi connectivity index (χ4v) is 0.472. The maximum absolute atomic E-state index is 9.76. The van der Waals surface area contributed by atoms with E-state index in [9.17, 15) is 4.79 Å². The number of amides is 1. The van der Waals surface area contributed by atoms with E-state index in [1.54, 1.807) is 18.3 Å². The van der Waals surface area contributed by atoms with Crippen LogP contribution in [-0.2, 0) is 4.79 Å². The number of rotatable bonds is 3. The Balaban J connectivity index is 2.50. The van der Waals surface area contributed by atoms with Crippen LogP contribution in [0, 0.1) is 0 Å². The number of hydrogen-bond acceptors (Lipinski definition) is 4. The van der Waals surface area contributed by atoms with Crippen molar-refractivity contribution in [2.75, 3.05) is 5.43 Å². The molecule has 1 aromatic rings. The lowest BCUT2D eigenvalue weighted by atomic mass is 10.5. The van der Waals surface area contributed by atoms with E-state index in [1.165, 1.54) is 0 Å². The fourth-order valence-electron chi connectivity index (χ4n) is 0.472. The molecule has 1 aromatic heterocycles. The van der Waals surface area contributed by atoms with Gasteiger partial charge in [-0.15, -0.1) is 5.10 Å². The van der Waals surface area contributed by atoms with Crippen LogP contribution >= 0.6 is 0 Å². The minimum Gasteiger partial charge on any atom is -0.281 e. The van der Waals surface area contributed by atoms with Gasteiger partial charge < -0.3 is 0 Å². The number of carbonyl (C=O) groups excluding carboxylic acids is 1. The quantitative estimate of drug-likeness (QED) is 0.438. The van der Waals surface area contributed by atoms with Crippen LogP contribution in [0.15, 0.2) is 18.3 Å². The van der Waals surface area contributed by atoms with Crippen molar-refractivity contribution in [3.8, 4) is 0 Å². The highest BCUT2D eigenvalue weighted by Gasteiger charge is 1.85. The molecule has 52 valence electrons. The second-order valence-electron chi connectivity index (χ2n) is 1.50. The highest BCUT2D eigenvalue weighted by molar-refractivity contribution is 5.50. The average molecular weight is 138 g/mol. The molecule has 1 rings (SSSR count). The number of nitrogens with zero attached hydrogens (tertiary/aromatic N) is 2. The van der Waals surface area contributed by atoms with Gasteiger partial charge in [0.15, 0.2) is 5.82 Å². The fraction of sp³-hybridized carbons (Fsp3) is 0. The van der Waals surface area contributed by atoms with Crippen LogP contribution in [0.25, 0.3) is 0 Å². The van der Waals surface area contributed by atoms with Crippen molar-refractivity contribution >= 4 is 12.2 Å². The number of hydrazine groups is 1. The number of anilines is 1. The summed E-state index contributed by atoms with van der Waals surface area (Å²) in [5.41, 5.74) is 4.73. The van der Waals surface area contributed by atoms with Gasteiger partial charge in [0.25, 0.3) is 0 Å². The zero-order valence-electron chi connectivity index (χ0n) is 5.11. The van der Waals surface area contributed by atoms with Crippen molar-refractivity contribution in [2.24, 2.45) is 0 Å². The second-order valence-corrected chi connectivity index (χ2v) is 1.50. The van der Waals surface area contributed by atoms with Gasteiger partial charge in [-0.1, -0.05) is 0 Å². The number of aromatic nitrogens is 2. The van der Waals surface area contributed by atoms with E-state index in [0.29, 0.717) is 12.2 Å². The summed E-state index contributed by atoms with van der Waals surface area (Å²) in [6.07, 6.45) is 2.07. The summed E-state index contributed by atoms with van der Waals surface area (Å²) in [4.78, 5) is 9.76. The molecular weight excluding hydrogens is 132 g/mol. The molecule has 0 radical (unpaired) electrons. The third-order valence-electron chi connectivity index (χ3n) is 0.831. The van der Waals surface area contributed by atoms with Crippen molar-refractivity contribution in [3.05, 3.63) is 18.3 Å². The summed E-state index contributed by atoms with van der Waals surface area (Å²) < 4.78 is 0. The molecule has 0 fully saturated rings. The molecule has 1 heterocycles. The standard InChI is InChI=1S/C5H6N4O/c10-4-7-9-5-2-1-3-6-8-5/h1-4H,(H,7,10)(H,8,9). The average Bonchev–Trinajstić information content (AvgIpc) is 2.03. The minimum atomic E-state index is 0.509. The Bertz CT molecular complexity index is 200. The van der Waals surface area contributed by atoms with Crippen molar-refractivity contribution in [2.45, 2.75) is 0 Å². The van der Waals surface area contributed by atoms with Gasteiger partial charge in [-0.2, -0.15) is 5.10 Å². The lowest BCUT2D eigenvalue weighted by Crippen LogP contribution is -2.19. The van der Waals surface area contributed by atoms with E-state index in [-0.39, 0.29) is 0 Å². The zero-order valence-corrected chi connectivity index (χ0v) is 5.11. The number of carbonyl (C=O) groups is 1. The summed E-state index contributed by atoms with van der Waals surface area (Å²) in [6, 6.07) is 3.39. The molecule has 0 bridgehead atoms. The molecule has 0 aromatic carbocycles. The lowest BCUT2D eigenvalue weighted by Gasteiger charge is -1.98. The summed E-state index contributed by atoms with van der Waals surface area (Å²) in [5.74, 6) is 0.509. The molecule has 0 aliphatic heterocycles. The van der Waals surface area contributed by atoms with Gasteiger partial charge in [-0.25, -0.2) is 0 Å². The molecule has 0 aliphatic rings. The van der Waals surface area contributed by atoms with Crippen molar-refractivity contribution in [3.63, 3.8) is 0 Å². The Kier molecular flexibility index (Phi) is 2.19. The van der Waals surface area contributed by atoms with Crippen LogP contribution in [0.2, 0.25) is 0 Å². The summed E-state index contributed by atoms with van der Waals surface area (Å²) in [7, 11) is 0. The Hall–Kier alpha value is -1.65. The zero-order chi connectivity index (χ0) is 7.23. The number of nitrogens with one attached hydrogen (secondary N) is 2. The van der Waals surface area contributed by atoms with Crippen LogP contribution in [0.1, 0.15) is 0 Å². The van der Waals surface area contributed by atoms with E-state index in [2.05, 4.69) is 21.0 Å². The third-order valence-corrected chi connectivity index (χ3v) is 0.831. The number of hydrogen-bond donors (Lipinski definition) is 2. The molecule has 2 N–H and O–H groups in total. The van der Waals surface area contributed by atoms with Gasteiger partial charge in [0.05, 0.1) is 0 Å². The molecule has 1 amide bonds. The molecule has 0 saturated carbocycles. The predicted octanol–water partition coefficient (Wildman–Crippen LogP) is -0.451. The highest BCUT2D eigenvalue weighted by atomic mass is 16.1. The SMILES string of the molecule is O=CNNc1cccnn1. The van der Waals surface area contributed by atoms with Crippen molar-refractivity contribution in [1.29, 1.82) is 0 Å². The maximum atomic E-state index is 9.76. The van der Waals surface area contributed by atoms with Crippen molar-refractivity contribution < 1.29 is 4.79 Å². The monoisotopic (exact) mass is 138 g/mol. The van der Waals surface area contributed by atoms with Crippen LogP contribution in [-0.4, -0.2) is 16.6 Å². The molecule has 10 heavy (non-hydrogen) atoms. The first kappa shape index (κ1) is 6.47. The molecule has 0 spiro atoms. The molecule has 5 nitrogen and oxygen atoms in total. The normalized spacial score (nSPS) is 8.40. The van der Waals surface area contributed by atoms with Crippen LogP contribution in [0.3, 0.4) is 0 Å². The summed E-state index contributed by atoms with van der Waals surface area (Å²) in [6.45, 7) is 0.